The van der Waals surface area contributed by atoms with E-state index >= 15 is 0 Å². The standard InChI is InChI=1S/C34H39N5/c1-23-10-14-25(15-11-23)29-28-30(31(28,3)4)34(26-16-12-24(2)13-17-26)27-9-5-6-18-33(27,38-19-7-8-20-38)32(21-35,22-36)39(34)37-29/h10-17,27-28,30H,5-9,18-20H2,1-4H3/t27-,28+,30-,33-,34-/m0/s1. The zero-order valence-electron chi connectivity index (χ0n) is 23.7. The largest absolute Gasteiger partial charge is 0.293 e. The third-order valence-corrected chi connectivity index (χ3v) is 11.4. The van der Waals surface area contributed by atoms with Crippen LogP contribution in [0.2, 0.25) is 0 Å². The molecule has 200 valence electrons. The normalized spacial score (nSPS) is 35.7. The molecule has 0 bridgehead atoms. The topological polar surface area (TPSA) is 66.4 Å². The van der Waals surface area contributed by atoms with Gasteiger partial charge in [0.2, 0.25) is 5.54 Å². The van der Waals surface area contributed by atoms with Crippen molar-refractivity contribution in [3.05, 3.63) is 70.8 Å². The van der Waals surface area contributed by atoms with Gasteiger partial charge in [0.15, 0.2) is 0 Å². The van der Waals surface area contributed by atoms with Gasteiger partial charge in [0.25, 0.3) is 0 Å². The fraction of sp³-hybridized carbons (Fsp3) is 0.559. The van der Waals surface area contributed by atoms with Crippen molar-refractivity contribution in [2.75, 3.05) is 13.1 Å². The molecule has 5 aliphatic rings. The average Bonchev–Trinajstić information content (AvgIpc) is 3.29. The molecular formula is C34H39N5. The molecule has 0 spiro atoms. The van der Waals surface area contributed by atoms with Gasteiger partial charge < -0.3 is 0 Å². The minimum absolute atomic E-state index is 0.00145. The number of nitrogens with zero attached hydrogens (tertiary/aromatic N) is 5. The van der Waals surface area contributed by atoms with Crippen molar-refractivity contribution in [2.24, 2.45) is 28.3 Å². The zero-order valence-corrected chi connectivity index (χ0v) is 23.7. The Labute approximate surface area is 233 Å². The van der Waals surface area contributed by atoms with Gasteiger partial charge in [-0.1, -0.05) is 86.3 Å². The summed E-state index contributed by atoms with van der Waals surface area (Å²) in [6, 6.07) is 23.1. The Bertz CT molecular complexity index is 1400. The average molecular weight is 518 g/mol. The Morgan fingerprint density at radius 3 is 2.08 bits per heavy atom. The molecule has 3 aliphatic heterocycles. The molecule has 5 heteroatoms. The first-order chi connectivity index (χ1) is 18.8. The van der Waals surface area contributed by atoms with Gasteiger partial charge in [0, 0.05) is 17.8 Å². The lowest BCUT2D eigenvalue weighted by atomic mass is 9.58. The number of hydrogen-bond donors (Lipinski definition) is 0. The van der Waals surface area contributed by atoms with E-state index in [0.717, 1.165) is 62.9 Å². The quantitative estimate of drug-likeness (QED) is 0.478. The highest BCUT2D eigenvalue weighted by atomic mass is 15.6. The zero-order chi connectivity index (χ0) is 27.2. The summed E-state index contributed by atoms with van der Waals surface area (Å²) in [7, 11) is 0. The van der Waals surface area contributed by atoms with Crippen LogP contribution in [0.1, 0.15) is 74.6 Å². The van der Waals surface area contributed by atoms with Crippen molar-refractivity contribution in [3.63, 3.8) is 0 Å². The number of aryl methyl sites for hydroxylation is 2. The summed E-state index contributed by atoms with van der Waals surface area (Å²) >= 11 is 0. The van der Waals surface area contributed by atoms with Crippen LogP contribution in [0.25, 0.3) is 0 Å². The summed E-state index contributed by atoms with van der Waals surface area (Å²) in [5, 5.41) is 30.1. The van der Waals surface area contributed by atoms with Crippen LogP contribution in [0, 0.1) is 59.7 Å². The molecule has 3 heterocycles. The number of fused-ring (bicyclic) bond motifs is 5. The molecule has 7 rings (SSSR count). The van der Waals surface area contributed by atoms with Crippen molar-refractivity contribution in [2.45, 2.75) is 82.8 Å². The summed E-state index contributed by atoms with van der Waals surface area (Å²) in [6.07, 6.45) is 6.38. The second-order valence-electron chi connectivity index (χ2n) is 13.5. The summed E-state index contributed by atoms with van der Waals surface area (Å²) in [5.41, 5.74) is 3.47. The number of nitriles is 2. The van der Waals surface area contributed by atoms with Crippen LogP contribution in [0.5, 0.6) is 0 Å². The fourth-order valence-electron chi connectivity index (χ4n) is 9.75. The smallest absolute Gasteiger partial charge is 0.248 e. The first kappa shape index (κ1) is 24.9. The van der Waals surface area contributed by atoms with Crippen molar-refractivity contribution in [1.29, 1.82) is 10.5 Å². The van der Waals surface area contributed by atoms with Crippen LogP contribution in [0.3, 0.4) is 0 Å². The molecule has 39 heavy (non-hydrogen) atoms. The number of rotatable bonds is 3. The Kier molecular flexibility index (Phi) is 5.22. The monoisotopic (exact) mass is 517 g/mol. The third kappa shape index (κ3) is 2.85. The Morgan fingerprint density at radius 1 is 0.846 bits per heavy atom. The van der Waals surface area contributed by atoms with E-state index in [1.54, 1.807) is 0 Å². The van der Waals surface area contributed by atoms with E-state index in [2.05, 4.69) is 98.3 Å². The van der Waals surface area contributed by atoms with E-state index in [4.69, 9.17) is 5.10 Å². The maximum Gasteiger partial charge on any atom is 0.248 e. The second-order valence-corrected chi connectivity index (χ2v) is 13.5. The van der Waals surface area contributed by atoms with Gasteiger partial charge in [-0.3, -0.25) is 4.90 Å². The predicted molar refractivity (Wildman–Crippen MR) is 153 cm³/mol. The van der Waals surface area contributed by atoms with Gasteiger partial charge in [-0.15, -0.1) is 0 Å². The lowest BCUT2D eigenvalue weighted by Crippen LogP contribution is -2.66. The molecule has 5 nitrogen and oxygen atoms in total. The molecule has 0 amide bonds. The molecule has 2 saturated heterocycles. The van der Waals surface area contributed by atoms with Crippen molar-refractivity contribution in [3.8, 4) is 12.1 Å². The lowest BCUT2D eigenvalue weighted by molar-refractivity contribution is -0.00245. The van der Waals surface area contributed by atoms with E-state index < -0.39 is 16.6 Å². The van der Waals surface area contributed by atoms with E-state index in [0.29, 0.717) is 0 Å². The molecule has 0 radical (unpaired) electrons. The van der Waals surface area contributed by atoms with E-state index in [9.17, 15) is 10.5 Å². The summed E-state index contributed by atoms with van der Waals surface area (Å²) in [4.78, 5) is 2.57. The Balaban J connectivity index is 1.58. The van der Waals surface area contributed by atoms with Gasteiger partial charge in [0.05, 0.1) is 16.8 Å². The predicted octanol–water partition coefficient (Wildman–Crippen LogP) is 6.32. The van der Waals surface area contributed by atoms with Crippen molar-refractivity contribution < 1.29 is 0 Å². The molecule has 0 N–H and O–H groups in total. The van der Waals surface area contributed by atoms with Crippen LogP contribution < -0.4 is 0 Å². The SMILES string of the molecule is Cc1ccc(C2=NN3C(C#N)(C#N)[C@]4(N5CCCC5)CCCC[C@@H]4[C@@]3(c3ccc(C)cc3)[C@H]3[C@@H]2C3(C)C)cc1. The summed E-state index contributed by atoms with van der Waals surface area (Å²) in [6.45, 7) is 11.0. The molecule has 2 aromatic carbocycles. The highest BCUT2D eigenvalue weighted by Gasteiger charge is 2.86. The molecule has 2 aliphatic carbocycles. The van der Waals surface area contributed by atoms with Crippen molar-refractivity contribution >= 4 is 5.71 Å². The first-order valence-electron chi connectivity index (χ1n) is 14.9. The number of hydrogen-bond acceptors (Lipinski definition) is 5. The molecular weight excluding hydrogens is 478 g/mol. The van der Waals surface area contributed by atoms with E-state index in [-0.39, 0.29) is 23.2 Å². The highest BCUT2D eigenvalue weighted by Crippen LogP contribution is 2.78. The van der Waals surface area contributed by atoms with Gasteiger partial charge in [-0.05, 0) is 69.2 Å². The fourth-order valence-corrected chi connectivity index (χ4v) is 9.75. The number of benzene rings is 2. The summed E-state index contributed by atoms with van der Waals surface area (Å²) < 4.78 is 0. The Hall–Kier alpha value is -3.15. The molecule has 2 saturated carbocycles. The maximum absolute atomic E-state index is 11.2. The van der Waals surface area contributed by atoms with Gasteiger partial charge in [-0.2, -0.15) is 15.6 Å². The molecule has 5 atom stereocenters. The number of likely N-dealkylation sites (tertiary alicyclic amines) is 1. The van der Waals surface area contributed by atoms with Crippen LogP contribution in [0.4, 0.5) is 0 Å². The number of hydrazone groups is 1. The van der Waals surface area contributed by atoms with Gasteiger partial charge >= 0.3 is 0 Å². The van der Waals surface area contributed by atoms with Crippen LogP contribution in [-0.4, -0.2) is 39.8 Å². The third-order valence-electron chi connectivity index (χ3n) is 11.4. The van der Waals surface area contributed by atoms with Crippen LogP contribution >= 0.6 is 0 Å². The van der Waals surface area contributed by atoms with Gasteiger partial charge in [-0.25, -0.2) is 5.01 Å². The minimum atomic E-state index is -1.35. The Morgan fingerprint density at radius 2 is 1.46 bits per heavy atom. The molecule has 0 aromatic heterocycles. The highest BCUT2D eigenvalue weighted by molar-refractivity contribution is 6.05. The second kappa shape index (κ2) is 8.18. The molecule has 4 fully saturated rings. The maximum atomic E-state index is 11.2. The molecule has 2 aromatic rings. The molecule has 0 unspecified atom stereocenters. The van der Waals surface area contributed by atoms with E-state index in [1.165, 1.54) is 16.7 Å². The van der Waals surface area contributed by atoms with Gasteiger partial charge in [0.1, 0.15) is 12.1 Å². The minimum Gasteiger partial charge on any atom is -0.293 e. The van der Waals surface area contributed by atoms with E-state index in [1.807, 2.05) is 0 Å². The van der Waals surface area contributed by atoms with Crippen LogP contribution in [-0.2, 0) is 5.54 Å². The lowest BCUT2D eigenvalue weighted by Gasteiger charge is -2.51. The first-order valence-corrected chi connectivity index (χ1v) is 14.9. The van der Waals surface area contributed by atoms with Crippen LogP contribution in [0.15, 0.2) is 53.6 Å². The van der Waals surface area contributed by atoms with Crippen molar-refractivity contribution in [1.82, 2.24) is 9.91 Å². The summed E-state index contributed by atoms with van der Waals surface area (Å²) in [5.74, 6) is 0.718.